The average Bonchev–Trinajstić information content (AvgIpc) is 3.02. The molecule has 3 rings (SSSR count). The van der Waals surface area contributed by atoms with Gasteiger partial charge >= 0.3 is 0 Å². The molecule has 1 amide bonds. The number of nitrogens with zero attached hydrogens (tertiary/aromatic N) is 4. The second-order valence-electron chi connectivity index (χ2n) is 5.79. The van der Waals surface area contributed by atoms with Gasteiger partial charge in [0.2, 0.25) is 5.91 Å². The van der Waals surface area contributed by atoms with Gasteiger partial charge in [0.05, 0.1) is 16.1 Å². The van der Waals surface area contributed by atoms with Crippen LogP contribution in [0.5, 0.6) is 0 Å². The zero-order valence-corrected chi connectivity index (χ0v) is 16.2. The molecule has 2 aromatic rings. The number of fused-ring (bicyclic) bond motifs is 1. The summed E-state index contributed by atoms with van der Waals surface area (Å²) in [6.45, 7) is 6.80. The molecule has 0 spiro atoms. The highest BCUT2D eigenvalue weighted by Crippen LogP contribution is 2.28. The summed E-state index contributed by atoms with van der Waals surface area (Å²) in [5.74, 6) is 1.00. The number of anilines is 1. The molecule has 0 saturated carbocycles. The fourth-order valence-electron chi connectivity index (χ4n) is 2.65. The van der Waals surface area contributed by atoms with Crippen molar-refractivity contribution >= 4 is 58.1 Å². The minimum atomic E-state index is -0.130. The van der Waals surface area contributed by atoms with Crippen molar-refractivity contribution in [2.75, 3.05) is 31.1 Å². The summed E-state index contributed by atoms with van der Waals surface area (Å²) in [5, 5.41) is 2.03. The number of rotatable bonds is 3. The van der Waals surface area contributed by atoms with Crippen molar-refractivity contribution in [3.05, 3.63) is 17.8 Å². The molecule has 3 heterocycles. The Morgan fingerprint density at radius 2 is 1.88 bits per heavy atom. The highest BCUT2D eigenvalue weighted by atomic mass is 35.5. The molecule has 6 nitrogen and oxygen atoms in total. The van der Waals surface area contributed by atoms with E-state index in [2.05, 4.69) is 14.9 Å². The van der Waals surface area contributed by atoms with Gasteiger partial charge in [0.1, 0.15) is 12.1 Å². The van der Waals surface area contributed by atoms with Crippen molar-refractivity contribution < 1.29 is 4.79 Å². The number of hydrogen-bond donors (Lipinski definition) is 1. The van der Waals surface area contributed by atoms with Crippen molar-refractivity contribution in [1.29, 1.82) is 0 Å². The van der Waals surface area contributed by atoms with Crippen molar-refractivity contribution in [1.82, 2.24) is 14.9 Å². The van der Waals surface area contributed by atoms with E-state index in [-0.39, 0.29) is 42.7 Å². The summed E-state index contributed by atoms with van der Waals surface area (Å²) in [5.41, 5.74) is 6.82. The Hall–Kier alpha value is -1.15. The van der Waals surface area contributed by atoms with E-state index in [1.165, 1.54) is 0 Å². The van der Waals surface area contributed by atoms with Crippen molar-refractivity contribution in [2.24, 2.45) is 11.7 Å². The van der Waals surface area contributed by atoms with Crippen LogP contribution in [0.4, 0.5) is 5.82 Å². The lowest BCUT2D eigenvalue weighted by atomic mass is 10.0. The van der Waals surface area contributed by atoms with Gasteiger partial charge < -0.3 is 15.5 Å². The Morgan fingerprint density at radius 1 is 1.21 bits per heavy atom. The van der Waals surface area contributed by atoms with Crippen molar-refractivity contribution in [2.45, 2.75) is 19.9 Å². The topological polar surface area (TPSA) is 75.4 Å². The first kappa shape index (κ1) is 20.9. The van der Waals surface area contributed by atoms with Crippen molar-refractivity contribution in [3.63, 3.8) is 0 Å². The second-order valence-corrected chi connectivity index (χ2v) is 6.71. The number of hydrogen-bond acceptors (Lipinski definition) is 6. The van der Waals surface area contributed by atoms with Gasteiger partial charge in [-0.3, -0.25) is 4.79 Å². The van der Waals surface area contributed by atoms with Crippen LogP contribution in [0, 0.1) is 5.92 Å². The van der Waals surface area contributed by atoms with Crippen molar-refractivity contribution in [3.8, 4) is 0 Å². The van der Waals surface area contributed by atoms with Gasteiger partial charge in [-0.15, -0.1) is 36.2 Å². The molecule has 2 atom stereocenters. The zero-order chi connectivity index (χ0) is 15.7. The predicted octanol–water partition coefficient (Wildman–Crippen LogP) is 2.17. The summed E-state index contributed by atoms with van der Waals surface area (Å²) >= 11 is 1.66. The molecule has 2 unspecified atom stereocenters. The smallest absolute Gasteiger partial charge is 0.227 e. The highest BCUT2D eigenvalue weighted by molar-refractivity contribution is 7.17. The van der Waals surface area contributed by atoms with Gasteiger partial charge in [-0.2, -0.15) is 0 Å². The van der Waals surface area contributed by atoms with Crippen LogP contribution in [0.25, 0.3) is 10.2 Å². The molecular formula is C15H23Cl2N5OS. The van der Waals surface area contributed by atoms with E-state index in [0.29, 0.717) is 13.1 Å². The van der Waals surface area contributed by atoms with E-state index >= 15 is 0 Å². The molecule has 24 heavy (non-hydrogen) atoms. The van der Waals surface area contributed by atoms with E-state index in [1.807, 2.05) is 30.2 Å². The molecular weight excluding hydrogens is 369 g/mol. The van der Waals surface area contributed by atoms with E-state index in [1.54, 1.807) is 17.7 Å². The van der Waals surface area contributed by atoms with E-state index < -0.39 is 0 Å². The monoisotopic (exact) mass is 391 g/mol. The Labute approximate surface area is 158 Å². The number of thiophene rings is 1. The number of aromatic nitrogens is 2. The maximum absolute atomic E-state index is 12.4. The fraction of sp³-hybridized carbons (Fsp3) is 0.533. The third-order valence-electron chi connectivity index (χ3n) is 4.29. The molecule has 0 bridgehead atoms. The largest absolute Gasteiger partial charge is 0.352 e. The summed E-state index contributed by atoms with van der Waals surface area (Å²) in [6, 6.07) is 1.90. The van der Waals surface area contributed by atoms with Crippen LogP contribution < -0.4 is 10.6 Å². The number of nitrogens with two attached hydrogens (primary N) is 1. The minimum absolute atomic E-state index is 0. The molecule has 134 valence electrons. The molecule has 1 aliphatic rings. The van der Waals surface area contributed by atoms with Gasteiger partial charge in [-0.05, 0) is 18.4 Å². The van der Waals surface area contributed by atoms with Crippen LogP contribution in [0.1, 0.15) is 13.8 Å². The van der Waals surface area contributed by atoms with Crippen LogP contribution in [-0.4, -0.2) is 53.0 Å². The number of halogens is 2. The van der Waals surface area contributed by atoms with Crippen LogP contribution in [0.2, 0.25) is 0 Å². The molecule has 0 radical (unpaired) electrons. The Kier molecular flexibility index (Phi) is 7.66. The number of piperazine rings is 1. The predicted molar refractivity (Wildman–Crippen MR) is 104 cm³/mol. The third-order valence-corrected chi connectivity index (χ3v) is 5.19. The SMILES string of the molecule is CC(N)C(C)C(=O)N1CCN(c2ncnc3ccsc23)CC1.Cl.Cl. The number of carbonyl (C=O) groups excluding carboxylic acids is 1. The summed E-state index contributed by atoms with van der Waals surface area (Å²) in [6.07, 6.45) is 1.61. The number of carbonyl (C=O) groups is 1. The third kappa shape index (κ3) is 4.08. The lowest BCUT2D eigenvalue weighted by Crippen LogP contribution is -2.52. The van der Waals surface area contributed by atoms with E-state index in [4.69, 9.17) is 5.73 Å². The van der Waals surface area contributed by atoms with Gasteiger partial charge in [0.15, 0.2) is 0 Å². The summed E-state index contributed by atoms with van der Waals surface area (Å²) in [4.78, 5) is 25.2. The first-order valence-corrected chi connectivity index (χ1v) is 8.43. The number of amides is 1. The summed E-state index contributed by atoms with van der Waals surface area (Å²) < 4.78 is 1.12. The quantitative estimate of drug-likeness (QED) is 0.867. The van der Waals surface area contributed by atoms with Gasteiger partial charge in [-0.25, -0.2) is 9.97 Å². The lowest BCUT2D eigenvalue weighted by molar-refractivity contribution is -0.135. The fourth-order valence-corrected chi connectivity index (χ4v) is 3.51. The lowest BCUT2D eigenvalue weighted by Gasteiger charge is -2.37. The summed E-state index contributed by atoms with van der Waals surface area (Å²) in [7, 11) is 0. The normalized spacial score (nSPS) is 17.0. The van der Waals surface area contributed by atoms with Gasteiger partial charge in [0, 0.05) is 32.2 Å². The minimum Gasteiger partial charge on any atom is -0.352 e. The molecule has 1 saturated heterocycles. The van der Waals surface area contributed by atoms with Crippen LogP contribution in [-0.2, 0) is 4.79 Å². The standard InChI is InChI=1S/C15H21N5OS.2ClH/c1-10(11(2)16)15(21)20-6-4-19(5-7-20)14-13-12(3-8-22-13)17-9-18-14;;/h3,8-11H,4-7,16H2,1-2H3;2*1H. The first-order valence-electron chi connectivity index (χ1n) is 7.55. The molecule has 2 N–H and O–H groups in total. The van der Waals surface area contributed by atoms with E-state index in [9.17, 15) is 4.79 Å². The Morgan fingerprint density at radius 3 is 2.50 bits per heavy atom. The molecule has 0 aromatic carbocycles. The Bertz CT molecular complexity index is 673. The second kappa shape index (κ2) is 8.80. The maximum Gasteiger partial charge on any atom is 0.227 e. The van der Waals surface area contributed by atoms with Gasteiger partial charge in [0.25, 0.3) is 0 Å². The Balaban J connectivity index is 0.00000144. The van der Waals surface area contributed by atoms with Crippen LogP contribution in [0.3, 0.4) is 0 Å². The zero-order valence-electron chi connectivity index (χ0n) is 13.7. The van der Waals surface area contributed by atoms with Crippen LogP contribution >= 0.6 is 36.2 Å². The highest BCUT2D eigenvalue weighted by Gasteiger charge is 2.27. The molecule has 1 fully saturated rings. The average molecular weight is 392 g/mol. The molecule has 9 heteroatoms. The molecule has 2 aromatic heterocycles. The van der Waals surface area contributed by atoms with Gasteiger partial charge in [-0.1, -0.05) is 6.92 Å². The molecule has 0 aliphatic carbocycles. The first-order chi connectivity index (χ1) is 10.6. The molecule has 1 aliphatic heterocycles. The van der Waals surface area contributed by atoms with Crippen LogP contribution in [0.15, 0.2) is 17.8 Å². The van der Waals surface area contributed by atoms with E-state index in [0.717, 1.165) is 29.1 Å². The maximum atomic E-state index is 12.4.